The van der Waals surface area contributed by atoms with Crippen LogP contribution >= 0.6 is 0 Å². The fraction of sp³-hybridized carbons (Fsp3) is 0.250. The second-order valence-corrected chi connectivity index (χ2v) is 6.70. The maximum Gasteiger partial charge on any atom is 0.249 e. The van der Waals surface area contributed by atoms with Gasteiger partial charge in [-0.05, 0) is 67.3 Å². The lowest BCUT2D eigenvalue weighted by molar-refractivity contribution is -0.119. The predicted molar refractivity (Wildman–Crippen MR) is 101 cm³/mol. The number of anilines is 2. The Morgan fingerprint density at radius 1 is 1.22 bits per heavy atom. The van der Waals surface area contributed by atoms with Crippen molar-refractivity contribution in [1.29, 1.82) is 0 Å². The van der Waals surface area contributed by atoms with Crippen LogP contribution in [0, 0.1) is 5.82 Å². The molecule has 0 spiro atoms. The second kappa shape index (κ2) is 7.19. The monoisotopic (exact) mass is 365 g/mol. The molecule has 0 radical (unpaired) electrons. The Morgan fingerprint density at radius 2 is 2.00 bits per heavy atom. The molecule has 0 saturated heterocycles. The third-order valence-electron chi connectivity index (χ3n) is 4.89. The molecule has 0 aliphatic heterocycles. The number of benzene rings is 2. The van der Waals surface area contributed by atoms with E-state index in [1.165, 1.54) is 23.4 Å². The first-order valence-electron chi connectivity index (χ1n) is 8.90. The van der Waals surface area contributed by atoms with E-state index in [2.05, 4.69) is 20.7 Å². The van der Waals surface area contributed by atoms with E-state index in [1.54, 1.807) is 13.0 Å². The number of carbonyl (C=O) groups is 1. The molecule has 2 aromatic carbocycles. The maximum atomic E-state index is 13.3. The van der Waals surface area contributed by atoms with Gasteiger partial charge in [0.2, 0.25) is 5.91 Å². The molecule has 1 aliphatic carbocycles. The Hall–Kier alpha value is -3.22. The average molecular weight is 365 g/mol. The van der Waals surface area contributed by atoms with E-state index in [0.717, 1.165) is 29.7 Å². The number of rotatable bonds is 5. The van der Waals surface area contributed by atoms with Crippen molar-refractivity contribution in [2.24, 2.45) is 0 Å². The average Bonchev–Trinajstić information content (AvgIpc) is 3.33. The van der Waals surface area contributed by atoms with E-state index < -0.39 is 6.04 Å². The summed E-state index contributed by atoms with van der Waals surface area (Å²) in [5, 5.41) is 10.3. The summed E-state index contributed by atoms with van der Waals surface area (Å²) in [7, 11) is 0. The van der Waals surface area contributed by atoms with Crippen molar-refractivity contribution in [3.8, 4) is 0 Å². The lowest BCUT2D eigenvalue weighted by Crippen LogP contribution is -2.24. The Labute approximate surface area is 156 Å². The molecule has 6 nitrogen and oxygen atoms in total. The predicted octanol–water partition coefficient (Wildman–Crippen LogP) is 3.72. The molecule has 3 aromatic rings. The quantitative estimate of drug-likeness (QED) is 0.723. The third kappa shape index (κ3) is 3.67. The van der Waals surface area contributed by atoms with Crippen LogP contribution in [0.1, 0.15) is 36.6 Å². The van der Waals surface area contributed by atoms with Crippen LogP contribution < -0.4 is 10.6 Å². The van der Waals surface area contributed by atoms with Crippen molar-refractivity contribution in [3.05, 3.63) is 72.1 Å². The van der Waals surface area contributed by atoms with Crippen LogP contribution in [0.25, 0.3) is 0 Å². The van der Waals surface area contributed by atoms with Crippen molar-refractivity contribution >= 4 is 17.3 Å². The van der Waals surface area contributed by atoms with Gasteiger partial charge in [-0.2, -0.15) is 5.10 Å². The Morgan fingerprint density at radius 3 is 2.74 bits per heavy atom. The summed E-state index contributed by atoms with van der Waals surface area (Å²) in [6.45, 7) is 1.76. The minimum absolute atomic E-state index is 0.159. The van der Waals surface area contributed by atoms with Crippen LogP contribution in [0.15, 0.2) is 55.1 Å². The highest BCUT2D eigenvalue weighted by Crippen LogP contribution is 2.34. The second-order valence-electron chi connectivity index (χ2n) is 6.70. The summed E-state index contributed by atoms with van der Waals surface area (Å²) < 4.78 is 14.9. The van der Waals surface area contributed by atoms with Gasteiger partial charge in [0, 0.05) is 11.4 Å². The van der Waals surface area contributed by atoms with Gasteiger partial charge in [0.15, 0.2) is 0 Å². The van der Waals surface area contributed by atoms with Gasteiger partial charge in [0.1, 0.15) is 24.5 Å². The molecule has 27 heavy (non-hydrogen) atoms. The number of aryl methyl sites for hydroxylation is 1. The normalized spacial score (nSPS) is 16.6. The number of carbonyl (C=O) groups excluding carboxylic acids is 1. The molecule has 7 heteroatoms. The van der Waals surface area contributed by atoms with Crippen LogP contribution in [0.5, 0.6) is 0 Å². The SMILES string of the molecule is CC(C(=O)Nc1ccc(NC2CCc3cc(F)ccc32)cc1)n1cncn1. The largest absolute Gasteiger partial charge is 0.378 e. The van der Waals surface area contributed by atoms with E-state index >= 15 is 0 Å². The van der Waals surface area contributed by atoms with Crippen LogP contribution in [0.3, 0.4) is 0 Å². The van der Waals surface area contributed by atoms with Gasteiger partial charge in [-0.15, -0.1) is 0 Å². The fourth-order valence-corrected chi connectivity index (χ4v) is 3.37. The molecule has 2 atom stereocenters. The number of hydrogen-bond donors (Lipinski definition) is 2. The molecule has 0 saturated carbocycles. The zero-order valence-corrected chi connectivity index (χ0v) is 14.9. The molecule has 1 amide bonds. The number of nitrogens with one attached hydrogen (secondary N) is 2. The molecule has 0 bridgehead atoms. The number of hydrogen-bond acceptors (Lipinski definition) is 4. The smallest absolute Gasteiger partial charge is 0.249 e. The highest BCUT2D eigenvalue weighted by atomic mass is 19.1. The molecule has 0 fully saturated rings. The number of halogens is 1. The molecule has 2 unspecified atom stereocenters. The van der Waals surface area contributed by atoms with Crippen LogP contribution in [-0.2, 0) is 11.2 Å². The van der Waals surface area contributed by atoms with E-state index in [4.69, 9.17) is 0 Å². The Bertz CT molecular complexity index is 940. The molecule has 1 aromatic heterocycles. The van der Waals surface area contributed by atoms with Crippen molar-refractivity contribution in [2.45, 2.75) is 31.8 Å². The first-order valence-corrected chi connectivity index (χ1v) is 8.90. The maximum absolute atomic E-state index is 13.3. The minimum Gasteiger partial charge on any atom is -0.378 e. The molecule has 1 heterocycles. The highest BCUT2D eigenvalue weighted by molar-refractivity contribution is 5.93. The molecular formula is C20H20FN5O. The van der Waals surface area contributed by atoms with Gasteiger partial charge in [-0.25, -0.2) is 14.1 Å². The molecule has 138 valence electrons. The first-order chi connectivity index (χ1) is 13.1. The summed E-state index contributed by atoms with van der Waals surface area (Å²) >= 11 is 0. The fourth-order valence-electron chi connectivity index (χ4n) is 3.37. The summed E-state index contributed by atoms with van der Waals surface area (Å²) in [6.07, 6.45) is 4.73. The summed E-state index contributed by atoms with van der Waals surface area (Å²) in [6, 6.07) is 12.3. The summed E-state index contributed by atoms with van der Waals surface area (Å²) in [4.78, 5) is 16.1. The van der Waals surface area contributed by atoms with Gasteiger partial charge in [0.05, 0.1) is 6.04 Å². The van der Waals surface area contributed by atoms with E-state index in [1.807, 2.05) is 30.3 Å². The number of fused-ring (bicyclic) bond motifs is 1. The molecule has 4 rings (SSSR count). The lowest BCUT2D eigenvalue weighted by atomic mass is 10.1. The van der Waals surface area contributed by atoms with Crippen molar-refractivity contribution < 1.29 is 9.18 Å². The number of nitrogens with zero attached hydrogens (tertiary/aromatic N) is 3. The zero-order chi connectivity index (χ0) is 18.8. The van der Waals surface area contributed by atoms with Crippen molar-refractivity contribution in [2.75, 3.05) is 10.6 Å². The van der Waals surface area contributed by atoms with Crippen LogP contribution in [-0.4, -0.2) is 20.7 Å². The lowest BCUT2D eigenvalue weighted by Gasteiger charge is -2.16. The first kappa shape index (κ1) is 17.2. The van der Waals surface area contributed by atoms with Gasteiger partial charge in [-0.1, -0.05) is 6.07 Å². The van der Waals surface area contributed by atoms with E-state index in [9.17, 15) is 9.18 Å². The highest BCUT2D eigenvalue weighted by Gasteiger charge is 2.22. The van der Waals surface area contributed by atoms with Crippen LogP contribution in [0.2, 0.25) is 0 Å². The van der Waals surface area contributed by atoms with Crippen molar-refractivity contribution in [3.63, 3.8) is 0 Å². The molecule has 1 aliphatic rings. The molecular weight excluding hydrogens is 345 g/mol. The number of aromatic nitrogens is 3. The van der Waals surface area contributed by atoms with Gasteiger partial charge < -0.3 is 10.6 Å². The third-order valence-corrected chi connectivity index (χ3v) is 4.89. The zero-order valence-electron chi connectivity index (χ0n) is 14.9. The van der Waals surface area contributed by atoms with Crippen molar-refractivity contribution in [1.82, 2.24) is 14.8 Å². The van der Waals surface area contributed by atoms with Gasteiger partial charge in [-0.3, -0.25) is 4.79 Å². The molecule has 2 N–H and O–H groups in total. The topological polar surface area (TPSA) is 71.8 Å². The standard InChI is InChI=1S/C20H20FN5O/c1-13(26-12-22-11-23-26)20(27)25-17-6-4-16(5-7-17)24-19-9-2-14-10-15(21)3-8-18(14)19/h3-8,10-13,19,24H,2,9H2,1H3,(H,25,27). The minimum atomic E-state index is -0.444. The summed E-state index contributed by atoms with van der Waals surface area (Å²) in [5.74, 6) is -0.345. The Balaban J connectivity index is 1.39. The van der Waals surface area contributed by atoms with Gasteiger partial charge >= 0.3 is 0 Å². The summed E-state index contributed by atoms with van der Waals surface area (Å²) in [5.41, 5.74) is 3.89. The van der Waals surface area contributed by atoms with Gasteiger partial charge in [0.25, 0.3) is 0 Å². The van der Waals surface area contributed by atoms with E-state index in [0.29, 0.717) is 5.69 Å². The van der Waals surface area contributed by atoms with E-state index in [-0.39, 0.29) is 17.8 Å². The Kier molecular flexibility index (Phi) is 4.58. The number of amides is 1. The van der Waals surface area contributed by atoms with Crippen LogP contribution in [0.4, 0.5) is 15.8 Å².